The third-order valence-electron chi connectivity index (χ3n) is 3.58. The second-order valence-corrected chi connectivity index (χ2v) is 6.92. The number of morpholine rings is 1. The van der Waals surface area contributed by atoms with Gasteiger partial charge in [0.05, 0.1) is 18.3 Å². The Morgan fingerprint density at radius 2 is 2.19 bits per heavy atom. The molecule has 1 N–H and O–H groups in total. The predicted octanol–water partition coefficient (Wildman–Crippen LogP) is 2.49. The lowest BCUT2D eigenvalue weighted by molar-refractivity contribution is -0.148. The summed E-state index contributed by atoms with van der Waals surface area (Å²) in [4.78, 5) is 14.5. The van der Waals surface area contributed by atoms with Crippen molar-refractivity contribution in [3.8, 4) is 0 Å². The number of hydrogen-bond donors (Lipinski definition) is 1. The van der Waals surface area contributed by atoms with Crippen LogP contribution in [0.15, 0.2) is 28.7 Å². The average molecular weight is 356 g/mol. The lowest BCUT2D eigenvalue weighted by Gasteiger charge is -2.42. The maximum absolute atomic E-state index is 12.3. The number of rotatable bonds is 5. The largest absolute Gasteiger partial charge is 0.394 e. The van der Waals surface area contributed by atoms with Crippen LogP contribution < -0.4 is 0 Å². The van der Waals surface area contributed by atoms with Gasteiger partial charge in [-0.2, -0.15) is 0 Å². The van der Waals surface area contributed by atoms with Crippen LogP contribution in [0.25, 0.3) is 0 Å². The van der Waals surface area contributed by atoms with E-state index in [0.717, 1.165) is 16.6 Å². The molecule has 5 heteroatoms. The molecule has 1 fully saturated rings. The van der Waals surface area contributed by atoms with Gasteiger partial charge in [-0.15, -0.1) is 0 Å². The number of aliphatic hydroxyl groups is 1. The standard InChI is InChI=1S/C16H22BrNO3/c1-16(2)11-18(9-12(10-19)21-16)8-7-15(20)13-5-3-4-6-14(13)17/h3-6,12,19H,7-11H2,1-2H3. The summed E-state index contributed by atoms with van der Waals surface area (Å²) in [6, 6.07) is 7.49. The zero-order valence-corrected chi connectivity index (χ0v) is 14.1. The molecule has 21 heavy (non-hydrogen) atoms. The van der Waals surface area contributed by atoms with Crippen LogP contribution in [0.4, 0.5) is 0 Å². The van der Waals surface area contributed by atoms with Crippen molar-refractivity contribution in [2.24, 2.45) is 0 Å². The molecule has 1 aromatic carbocycles. The van der Waals surface area contributed by atoms with E-state index in [4.69, 9.17) is 4.74 Å². The van der Waals surface area contributed by atoms with Gasteiger partial charge in [0.2, 0.25) is 0 Å². The van der Waals surface area contributed by atoms with Crippen LogP contribution >= 0.6 is 15.9 Å². The number of aliphatic hydroxyl groups excluding tert-OH is 1. The van der Waals surface area contributed by atoms with Crippen molar-refractivity contribution in [2.75, 3.05) is 26.2 Å². The van der Waals surface area contributed by atoms with Gasteiger partial charge in [0.25, 0.3) is 0 Å². The number of carbonyl (C=O) groups is 1. The van der Waals surface area contributed by atoms with Gasteiger partial charge in [0, 0.05) is 36.1 Å². The molecule has 1 aliphatic heterocycles. The van der Waals surface area contributed by atoms with Crippen molar-refractivity contribution in [3.05, 3.63) is 34.3 Å². The van der Waals surface area contributed by atoms with E-state index in [2.05, 4.69) is 20.8 Å². The van der Waals surface area contributed by atoms with E-state index >= 15 is 0 Å². The van der Waals surface area contributed by atoms with Crippen molar-refractivity contribution in [2.45, 2.75) is 32.0 Å². The fraction of sp³-hybridized carbons (Fsp3) is 0.562. The van der Waals surface area contributed by atoms with Crippen molar-refractivity contribution in [1.29, 1.82) is 0 Å². The Labute approximate surface area is 134 Å². The Bertz CT molecular complexity index is 504. The van der Waals surface area contributed by atoms with Gasteiger partial charge >= 0.3 is 0 Å². The minimum Gasteiger partial charge on any atom is -0.394 e. The molecule has 0 aliphatic carbocycles. The quantitative estimate of drug-likeness (QED) is 0.824. The Morgan fingerprint density at radius 3 is 2.86 bits per heavy atom. The molecule has 1 heterocycles. The smallest absolute Gasteiger partial charge is 0.165 e. The second kappa shape index (κ2) is 7.01. The van der Waals surface area contributed by atoms with Crippen molar-refractivity contribution in [3.63, 3.8) is 0 Å². The van der Waals surface area contributed by atoms with Crippen LogP contribution in [-0.4, -0.2) is 53.7 Å². The number of benzene rings is 1. The third-order valence-corrected chi connectivity index (χ3v) is 4.28. The first-order valence-electron chi connectivity index (χ1n) is 7.20. The fourth-order valence-electron chi connectivity index (χ4n) is 2.76. The summed E-state index contributed by atoms with van der Waals surface area (Å²) >= 11 is 3.41. The second-order valence-electron chi connectivity index (χ2n) is 6.07. The van der Waals surface area contributed by atoms with Crippen LogP contribution in [0.1, 0.15) is 30.6 Å². The molecular formula is C16H22BrNO3. The van der Waals surface area contributed by atoms with E-state index in [9.17, 15) is 9.90 Å². The molecule has 0 spiro atoms. The van der Waals surface area contributed by atoms with Gasteiger partial charge in [-0.3, -0.25) is 9.69 Å². The minimum atomic E-state index is -0.290. The summed E-state index contributed by atoms with van der Waals surface area (Å²) in [6.45, 7) is 6.16. The zero-order valence-electron chi connectivity index (χ0n) is 12.5. The monoisotopic (exact) mass is 355 g/mol. The molecule has 0 aromatic heterocycles. The maximum atomic E-state index is 12.3. The van der Waals surface area contributed by atoms with Crippen LogP contribution in [0.2, 0.25) is 0 Å². The van der Waals surface area contributed by atoms with Gasteiger partial charge in [-0.1, -0.05) is 34.1 Å². The number of nitrogens with zero attached hydrogens (tertiary/aromatic N) is 1. The first-order valence-corrected chi connectivity index (χ1v) is 7.99. The van der Waals surface area contributed by atoms with E-state index < -0.39 is 0 Å². The van der Waals surface area contributed by atoms with E-state index in [-0.39, 0.29) is 24.1 Å². The molecule has 1 atom stereocenters. The molecule has 0 amide bonds. The molecule has 1 unspecified atom stereocenters. The number of halogens is 1. The zero-order chi connectivity index (χ0) is 15.5. The van der Waals surface area contributed by atoms with Gasteiger partial charge in [0.15, 0.2) is 5.78 Å². The number of ether oxygens (including phenoxy) is 1. The van der Waals surface area contributed by atoms with Crippen molar-refractivity contribution in [1.82, 2.24) is 4.90 Å². The molecule has 0 bridgehead atoms. The summed E-state index contributed by atoms with van der Waals surface area (Å²) in [5.41, 5.74) is 0.436. The van der Waals surface area contributed by atoms with Crippen LogP contribution in [-0.2, 0) is 4.74 Å². The van der Waals surface area contributed by atoms with Gasteiger partial charge in [-0.05, 0) is 19.9 Å². The Balaban J connectivity index is 1.93. The van der Waals surface area contributed by atoms with Crippen molar-refractivity contribution < 1.29 is 14.6 Å². The number of carbonyl (C=O) groups excluding carboxylic acids is 1. The summed E-state index contributed by atoms with van der Waals surface area (Å²) in [5.74, 6) is 0.132. The van der Waals surface area contributed by atoms with Crippen LogP contribution in [0, 0.1) is 0 Å². The minimum absolute atomic E-state index is 0.0120. The molecule has 0 saturated carbocycles. The topological polar surface area (TPSA) is 49.8 Å². The van der Waals surface area contributed by atoms with E-state index in [0.29, 0.717) is 19.5 Å². The Hall–Kier alpha value is -0.750. The van der Waals surface area contributed by atoms with Gasteiger partial charge in [-0.25, -0.2) is 0 Å². The number of ketones is 1. The van der Waals surface area contributed by atoms with Crippen LogP contribution in [0.3, 0.4) is 0 Å². The predicted molar refractivity (Wildman–Crippen MR) is 85.6 cm³/mol. The average Bonchev–Trinajstić information content (AvgIpc) is 2.43. The van der Waals surface area contributed by atoms with E-state index in [1.54, 1.807) is 0 Å². The Morgan fingerprint density at radius 1 is 1.48 bits per heavy atom. The van der Waals surface area contributed by atoms with Gasteiger partial charge in [0.1, 0.15) is 0 Å². The summed E-state index contributed by atoms with van der Waals surface area (Å²) in [7, 11) is 0. The highest BCUT2D eigenvalue weighted by Crippen LogP contribution is 2.22. The lowest BCUT2D eigenvalue weighted by Crippen LogP contribution is -2.54. The molecule has 116 valence electrons. The highest BCUT2D eigenvalue weighted by atomic mass is 79.9. The van der Waals surface area contributed by atoms with E-state index in [1.165, 1.54) is 0 Å². The highest BCUT2D eigenvalue weighted by Gasteiger charge is 2.32. The highest BCUT2D eigenvalue weighted by molar-refractivity contribution is 9.10. The maximum Gasteiger partial charge on any atom is 0.165 e. The summed E-state index contributed by atoms with van der Waals surface area (Å²) < 4.78 is 6.62. The van der Waals surface area contributed by atoms with E-state index in [1.807, 2.05) is 38.1 Å². The molecule has 4 nitrogen and oxygen atoms in total. The number of Topliss-reactive ketones (excluding diaryl/α,β-unsaturated/α-hetero) is 1. The van der Waals surface area contributed by atoms with Gasteiger partial charge < -0.3 is 9.84 Å². The molecule has 1 saturated heterocycles. The lowest BCUT2D eigenvalue weighted by atomic mass is 10.0. The molecular weight excluding hydrogens is 334 g/mol. The Kier molecular flexibility index (Phi) is 5.54. The first-order chi connectivity index (χ1) is 9.91. The first kappa shape index (κ1) is 16.6. The third kappa shape index (κ3) is 4.61. The summed E-state index contributed by atoms with van der Waals surface area (Å²) in [6.07, 6.45) is 0.295. The molecule has 1 aromatic rings. The number of hydrogen-bond acceptors (Lipinski definition) is 4. The molecule has 0 radical (unpaired) electrons. The summed E-state index contributed by atoms with van der Waals surface area (Å²) in [5, 5.41) is 9.31. The molecule has 1 aliphatic rings. The SMILES string of the molecule is CC1(C)CN(CCC(=O)c2ccccc2Br)CC(CO)O1. The van der Waals surface area contributed by atoms with Crippen molar-refractivity contribution >= 4 is 21.7 Å². The van der Waals surface area contributed by atoms with Crippen LogP contribution in [0.5, 0.6) is 0 Å². The normalized spacial score (nSPS) is 22.2. The fourth-order valence-corrected chi connectivity index (χ4v) is 3.27. The molecule has 2 rings (SSSR count).